The van der Waals surface area contributed by atoms with Crippen LogP contribution in [0.15, 0.2) is 23.1 Å². The van der Waals surface area contributed by atoms with Crippen molar-refractivity contribution in [2.24, 2.45) is 0 Å². The molecule has 0 bridgehead atoms. The molecule has 0 saturated carbocycles. The van der Waals surface area contributed by atoms with Gasteiger partial charge in [-0.05, 0) is 33.8 Å². The molecule has 0 radical (unpaired) electrons. The monoisotopic (exact) mass is 271 g/mol. The summed E-state index contributed by atoms with van der Waals surface area (Å²) in [6.07, 6.45) is 0. The van der Waals surface area contributed by atoms with Gasteiger partial charge in [-0.3, -0.25) is 0 Å². The molecule has 1 rings (SSSR count). The van der Waals surface area contributed by atoms with Crippen molar-refractivity contribution in [2.75, 3.05) is 0 Å². The van der Waals surface area contributed by atoms with Gasteiger partial charge in [-0.1, -0.05) is 17.7 Å². The predicted octanol–water partition coefficient (Wildman–Crippen LogP) is -0.248. The first-order chi connectivity index (χ1) is 8.04. The van der Waals surface area contributed by atoms with Crippen LogP contribution in [-0.2, 0) is 10.0 Å². The molecule has 0 atom stereocenters. The van der Waals surface area contributed by atoms with Gasteiger partial charge in [-0.25, -0.2) is 13.1 Å². The maximum atomic E-state index is 12.2. The summed E-state index contributed by atoms with van der Waals surface area (Å²) in [7, 11) is -5.61. The van der Waals surface area contributed by atoms with Crippen molar-refractivity contribution < 1.29 is 18.5 Å². The van der Waals surface area contributed by atoms with Crippen LogP contribution < -0.4 is 10.2 Å². The maximum absolute atomic E-state index is 12.2. The van der Waals surface area contributed by atoms with Crippen LogP contribution >= 0.6 is 0 Å². The molecule has 5 nitrogen and oxygen atoms in total. The van der Waals surface area contributed by atoms with Crippen molar-refractivity contribution in [3.8, 4) is 0 Å². The highest BCUT2D eigenvalue weighted by Crippen LogP contribution is 2.13. The van der Waals surface area contributed by atoms with Crippen LogP contribution in [0, 0.1) is 6.92 Å². The van der Waals surface area contributed by atoms with Crippen molar-refractivity contribution in [2.45, 2.75) is 38.1 Å². The smallest absolute Gasteiger partial charge is 0.423 e. The molecule has 7 heteroatoms. The van der Waals surface area contributed by atoms with Gasteiger partial charge in [0, 0.05) is 11.0 Å². The highest BCUT2D eigenvalue weighted by atomic mass is 32.2. The molecule has 0 unspecified atom stereocenters. The third kappa shape index (κ3) is 3.55. The Hall–Kier alpha value is -0.885. The van der Waals surface area contributed by atoms with Crippen LogP contribution in [0.1, 0.15) is 26.3 Å². The molecule has 0 heterocycles. The third-order valence-electron chi connectivity index (χ3n) is 2.27. The largest absolute Gasteiger partial charge is 0.490 e. The van der Waals surface area contributed by atoms with Crippen LogP contribution in [-0.4, -0.2) is 31.1 Å². The van der Waals surface area contributed by atoms with E-state index in [4.69, 9.17) is 0 Å². The number of aryl methyl sites for hydroxylation is 1. The molecular formula is C11H18BNO4S. The van der Waals surface area contributed by atoms with E-state index < -0.39 is 22.7 Å². The third-order valence-corrected chi connectivity index (χ3v) is 4.09. The van der Waals surface area contributed by atoms with Crippen molar-refractivity contribution in [3.63, 3.8) is 0 Å². The lowest BCUT2D eigenvalue weighted by atomic mass is 9.77. The van der Waals surface area contributed by atoms with Crippen molar-refractivity contribution in [3.05, 3.63) is 23.8 Å². The second-order valence-electron chi connectivity index (χ2n) is 5.22. The molecule has 0 aliphatic carbocycles. The van der Waals surface area contributed by atoms with E-state index in [0.29, 0.717) is 5.56 Å². The van der Waals surface area contributed by atoms with Gasteiger partial charge >= 0.3 is 7.12 Å². The fourth-order valence-corrected chi connectivity index (χ4v) is 3.41. The Bertz CT molecular complexity index is 534. The molecule has 1 aromatic carbocycles. The summed E-state index contributed by atoms with van der Waals surface area (Å²) in [5, 5.41) is 18.6. The van der Waals surface area contributed by atoms with Crippen LogP contribution in [0.3, 0.4) is 0 Å². The van der Waals surface area contributed by atoms with Gasteiger partial charge in [-0.15, -0.1) is 0 Å². The maximum Gasteiger partial charge on any atom is 0.490 e. The minimum Gasteiger partial charge on any atom is -0.423 e. The molecule has 0 amide bonds. The first-order valence-electron chi connectivity index (χ1n) is 5.54. The molecule has 0 saturated heterocycles. The van der Waals surface area contributed by atoms with Crippen molar-refractivity contribution in [1.29, 1.82) is 0 Å². The van der Waals surface area contributed by atoms with Crippen molar-refractivity contribution in [1.82, 2.24) is 4.72 Å². The van der Waals surface area contributed by atoms with Crippen LogP contribution in [0.2, 0.25) is 0 Å². The summed E-state index contributed by atoms with van der Waals surface area (Å²) in [5.41, 5.74) is -0.115. The Morgan fingerprint density at radius 1 is 1.22 bits per heavy atom. The van der Waals surface area contributed by atoms with Gasteiger partial charge in [-0.2, -0.15) is 0 Å². The molecule has 0 aliphatic heterocycles. The number of sulfonamides is 1. The summed E-state index contributed by atoms with van der Waals surface area (Å²) in [6, 6.07) is 4.55. The Morgan fingerprint density at radius 3 is 2.22 bits per heavy atom. The number of rotatable bonds is 3. The summed E-state index contributed by atoms with van der Waals surface area (Å²) in [5.74, 6) is 0. The highest BCUT2D eigenvalue weighted by Gasteiger charge is 2.29. The van der Waals surface area contributed by atoms with Crippen LogP contribution in [0.25, 0.3) is 0 Å². The Labute approximate surface area is 108 Å². The molecular weight excluding hydrogens is 253 g/mol. The van der Waals surface area contributed by atoms with E-state index in [1.165, 1.54) is 6.07 Å². The van der Waals surface area contributed by atoms with Gasteiger partial charge in [0.1, 0.15) is 0 Å². The fourth-order valence-electron chi connectivity index (χ4n) is 1.68. The van der Waals surface area contributed by atoms with E-state index in [0.717, 1.165) is 0 Å². The topological polar surface area (TPSA) is 86.6 Å². The zero-order valence-electron chi connectivity index (χ0n) is 10.9. The van der Waals surface area contributed by atoms with Gasteiger partial charge in [0.05, 0.1) is 4.90 Å². The lowest BCUT2D eigenvalue weighted by molar-refractivity contribution is 0.424. The van der Waals surface area contributed by atoms with E-state index in [1.807, 2.05) is 0 Å². The molecule has 100 valence electrons. The van der Waals surface area contributed by atoms with Crippen LogP contribution in [0.5, 0.6) is 0 Å². The standard InChI is InChI=1S/C11H18BNO4S/c1-8-6-5-7-9(10(8)12(14)15)18(16,17)13-11(2,3)4/h5-7,13-15H,1-4H3. The first kappa shape index (κ1) is 15.2. The van der Waals surface area contributed by atoms with E-state index in [9.17, 15) is 18.5 Å². The molecule has 0 aliphatic rings. The molecule has 1 aromatic rings. The summed E-state index contributed by atoms with van der Waals surface area (Å²) in [4.78, 5) is -0.104. The van der Waals surface area contributed by atoms with Crippen molar-refractivity contribution >= 4 is 22.6 Å². The Morgan fingerprint density at radius 2 is 1.78 bits per heavy atom. The normalized spacial score (nSPS) is 12.6. The molecule has 0 fully saturated rings. The number of benzene rings is 1. The summed E-state index contributed by atoms with van der Waals surface area (Å²) in [6.45, 7) is 6.78. The van der Waals surface area contributed by atoms with Gasteiger partial charge in [0.15, 0.2) is 0 Å². The van der Waals surface area contributed by atoms with Gasteiger partial charge < -0.3 is 10.0 Å². The zero-order chi connectivity index (χ0) is 14.1. The lowest BCUT2D eigenvalue weighted by Gasteiger charge is -2.22. The van der Waals surface area contributed by atoms with Crippen LogP contribution in [0.4, 0.5) is 0 Å². The molecule has 3 N–H and O–H groups in total. The minimum absolute atomic E-state index is 0.00856. The van der Waals surface area contributed by atoms with E-state index in [2.05, 4.69) is 4.72 Å². The molecule has 18 heavy (non-hydrogen) atoms. The Balaban J connectivity index is 3.38. The van der Waals surface area contributed by atoms with Gasteiger partial charge in [0.25, 0.3) is 0 Å². The first-order valence-corrected chi connectivity index (χ1v) is 7.02. The number of hydrogen-bond donors (Lipinski definition) is 3. The van der Waals surface area contributed by atoms with E-state index in [1.54, 1.807) is 39.8 Å². The SMILES string of the molecule is Cc1cccc(S(=O)(=O)NC(C)(C)C)c1B(O)O. The predicted molar refractivity (Wildman–Crippen MR) is 71.1 cm³/mol. The van der Waals surface area contributed by atoms with E-state index in [-0.39, 0.29) is 10.4 Å². The average molecular weight is 271 g/mol. The molecule has 0 aromatic heterocycles. The Kier molecular flexibility index (Phi) is 4.22. The second kappa shape index (κ2) is 5.01. The number of nitrogens with one attached hydrogen (secondary N) is 1. The average Bonchev–Trinajstić information content (AvgIpc) is 2.12. The highest BCUT2D eigenvalue weighted by molar-refractivity contribution is 7.89. The lowest BCUT2D eigenvalue weighted by Crippen LogP contribution is -2.45. The summed E-state index contributed by atoms with van der Waals surface area (Å²) < 4.78 is 26.9. The summed E-state index contributed by atoms with van der Waals surface area (Å²) >= 11 is 0. The fraction of sp³-hybridized carbons (Fsp3) is 0.455. The second-order valence-corrected chi connectivity index (χ2v) is 6.87. The van der Waals surface area contributed by atoms with Gasteiger partial charge in [0.2, 0.25) is 10.0 Å². The number of hydrogen-bond acceptors (Lipinski definition) is 4. The quantitative estimate of drug-likeness (QED) is 0.662. The molecule has 0 spiro atoms. The van der Waals surface area contributed by atoms with E-state index >= 15 is 0 Å². The zero-order valence-corrected chi connectivity index (χ0v) is 11.7. The minimum atomic E-state index is -3.79.